The summed E-state index contributed by atoms with van der Waals surface area (Å²) in [6.07, 6.45) is 5.98. The molecule has 0 saturated carbocycles. The molecular weight excluding hydrogens is 276 g/mol. The molecule has 118 valence electrons. The van der Waals surface area contributed by atoms with Crippen LogP contribution in [-0.2, 0) is 0 Å². The fourth-order valence-corrected chi connectivity index (χ4v) is 2.42. The summed E-state index contributed by atoms with van der Waals surface area (Å²) in [6, 6.07) is 12.1. The van der Waals surface area contributed by atoms with E-state index in [9.17, 15) is 10.2 Å². The minimum absolute atomic E-state index is 0.136. The molecule has 0 amide bonds. The molecular formula is C19H24O3. The minimum atomic E-state index is 0.136. The molecule has 0 saturated heterocycles. The van der Waals surface area contributed by atoms with E-state index in [4.69, 9.17) is 4.74 Å². The van der Waals surface area contributed by atoms with Gasteiger partial charge in [-0.15, -0.1) is 0 Å². The van der Waals surface area contributed by atoms with Crippen molar-refractivity contribution in [3.05, 3.63) is 42.5 Å². The lowest BCUT2D eigenvalue weighted by Gasteiger charge is -2.11. The molecule has 0 unspecified atom stereocenters. The number of phenolic OH excluding ortho intramolecular Hbond substituents is 2. The smallest absolute Gasteiger partial charge is 0.123 e. The van der Waals surface area contributed by atoms with E-state index in [0.29, 0.717) is 23.5 Å². The minimum Gasteiger partial charge on any atom is -0.507 e. The number of hydrogen-bond acceptors (Lipinski definition) is 3. The maximum absolute atomic E-state index is 10.0. The summed E-state index contributed by atoms with van der Waals surface area (Å²) in [7, 11) is 0. The molecule has 0 aromatic heterocycles. The van der Waals surface area contributed by atoms with Crippen LogP contribution < -0.4 is 4.74 Å². The van der Waals surface area contributed by atoms with Crippen LogP contribution in [0, 0.1) is 0 Å². The van der Waals surface area contributed by atoms with Crippen LogP contribution in [0.25, 0.3) is 11.1 Å². The van der Waals surface area contributed by atoms with Crippen molar-refractivity contribution in [3.63, 3.8) is 0 Å². The van der Waals surface area contributed by atoms with Gasteiger partial charge < -0.3 is 14.9 Å². The number of hydrogen-bond donors (Lipinski definition) is 2. The molecule has 2 rings (SSSR count). The predicted molar refractivity (Wildman–Crippen MR) is 89.5 cm³/mol. The van der Waals surface area contributed by atoms with Gasteiger partial charge in [0, 0.05) is 11.1 Å². The third-order valence-corrected chi connectivity index (χ3v) is 3.68. The predicted octanol–water partition coefficient (Wildman–Crippen LogP) is 5.11. The van der Waals surface area contributed by atoms with Gasteiger partial charge in [0.05, 0.1) is 6.61 Å². The number of phenols is 2. The third kappa shape index (κ3) is 4.42. The first kappa shape index (κ1) is 16.2. The zero-order valence-corrected chi connectivity index (χ0v) is 13.1. The Morgan fingerprint density at radius 1 is 0.818 bits per heavy atom. The van der Waals surface area contributed by atoms with Crippen molar-refractivity contribution in [3.8, 4) is 28.4 Å². The number of benzene rings is 2. The molecule has 0 aliphatic heterocycles. The molecule has 3 nitrogen and oxygen atoms in total. The van der Waals surface area contributed by atoms with Gasteiger partial charge in [0.15, 0.2) is 0 Å². The topological polar surface area (TPSA) is 49.7 Å². The van der Waals surface area contributed by atoms with Gasteiger partial charge in [-0.2, -0.15) is 0 Å². The fourth-order valence-electron chi connectivity index (χ4n) is 2.42. The van der Waals surface area contributed by atoms with Crippen LogP contribution in [0.2, 0.25) is 0 Å². The second-order valence-corrected chi connectivity index (χ2v) is 5.46. The van der Waals surface area contributed by atoms with Crippen molar-refractivity contribution in [2.45, 2.75) is 39.0 Å². The summed E-state index contributed by atoms with van der Waals surface area (Å²) in [5, 5.41) is 19.9. The summed E-state index contributed by atoms with van der Waals surface area (Å²) < 4.78 is 5.75. The lowest BCUT2D eigenvalue weighted by atomic mass is 10.0. The number of aromatic hydroxyl groups is 2. The van der Waals surface area contributed by atoms with Crippen molar-refractivity contribution < 1.29 is 14.9 Å². The van der Waals surface area contributed by atoms with Gasteiger partial charge in [0.1, 0.15) is 17.2 Å². The van der Waals surface area contributed by atoms with E-state index in [1.54, 1.807) is 36.4 Å². The van der Waals surface area contributed by atoms with Crippen LogP contribution in [0.3, 0.4) is 0 Å². The van der Waals surface area contributed by atoms with Crippen LogP contribution in [0.15, 0.2) is 42.5 Å². The second-order valence-electron chi connectivity index (χ2n) is 5.46. The summed E-state index contributed by atoms with van der Waals surface area (Å²) >= 11 is 0. The zero-order valence-electron chi connectivity index (χ0n) is 13.1. The Kier molecular flexibility index (Phi) is 6.13. The molecule has 0 heterocycles. The van der Waals surface area contributed by atoms with Gasteiger partial charge in [0.2, 0.25) is 0 Å². The lowest BCUT2D eigenvalue weighted by Crippen LogP contribution is -1.97. The Hall–Kier alpha value is -2.16. The van der Waals surface area contributed by atoms with Gasteiger partial charge >= 0.3 is 0 Å². The Balaban J connectivity index is 2.00. The Labute approximate surface area is 132 Å². The monoisotopic (exact) mass is 300 g/mol. The summed E-state index contributed by atoms with van der Waals surface area (Å²) in [5.74, 6) is 0.998. The van der Waals surface area contributed by atoms with E-state index in [1.165, 1.54) is 25.7 Å². The first-order valence-electron chi connectivity index (χ1n) is 7.96. The van der Waals surface area contributed by atoms with Gasteiger partial charge in [-0.1, -0.05) is 50.8 Å². The van der Waals surface area contributed by atoms with Crippen molar-refractivity contribution in [2.24, 2.45) is 0 Å². The van der Waals surface area contributed by atoms with Crippen molar-refractivity contribution in [1.82, 2.24) is 0 Å². The first-order valence-corrected chi connectivity index (χ1v) is 7.96. The molecule has 0 aliphatic rings. The summed E-state index contributed by atoms with van der Waals surface area (Å²) in [4.78, 5) is 0. The number of rotatable bonds is 8. The summed E-state index contributed by atoms with van der Waals surface area (Å²) in [5.41, 5.74) is 1.19. The number of unbranched alkanes of at least 4 members (excludes halogenated alkanes) is 4. The maximum Gasteiger partial charge on any atom is 0.123 e. The molecule has 2 N–H and O–H groups in total. The Morgan fingerprint density at radius 3 is 2.32 bits per heavy atom. The zero-order chi connectivity index (χ0) is 15.8. The van der Waals surface area contributed by atoms with E-state index < -0.39 is 0 Å². The van der Waals surface area contributed by atoms with Crippen LogP contribution in [-0.4, -0.2) is 16.8 Å². The molecule has 0 spiro atoms. The van der Waals surface area contributed by atoms with Gasteiger partial charge in [0.25, 0.3) is 0 Å². The van der Waals surface area contributed by atoms with Crippen LogP contribution in [0.5, 0.6) is 17.2 Å². The maximum atomic E-state index is 10.0. The molecule has 0 atom stereocenters. The fraction of sp³-hybridized carbons (Fsp3) is 0.368. The van der Waals surface area contributed by atoms with E-state index in [2.05, 4.69) is 6.92 Å². The molecule has 0 aliphatic carbocycles. The average molecular weight is 300 g/mol. The molecule has 22 heavy (non-hydrogen) atoms. The average Bonchev–Trinajstić information content (AvgIpc) is 2.53. The quantitative estimate of drug-likeness (QED) is 0.666. The van der Waals surface area contributed by atoms with E-state index in [1.807, 2.05) is 6.07 Å². The standard InChI is InChI=1S/C19H24O3/c1-2-3-4-5-8-13-22-15-11-12-19(21)17(14-15)16-9-6-7-10-18(16)20/h6-7,9-12,14,20-21H,2-5,8,13H2,1H3. The van der Waals surface area contributed by atoms with Crippen molar-refractivity contribution in [1.29, 1.82) is 0 Å². The highest BCUT2D eigenvalue weighted by Gasteiger charge is 2.10. The van der Waals surface area contributed by atoms with E-state index in [0.717, 1.165) is 6.42 Å². The largest absolute Gasteiger partial charge is 0.507 e. The highest BCUT2D eigenvalue weighted by atomic mass is 16.5. The van der Waals surface area contributed by atoms with Crippen molar-refractivity contribution in [2.75, 3.05) is 6.61 Å². The molecule has 0 bridgehead atoms. The Bertz CT molecular complexity index is 593. The lowest BCUT2D eigenvalue weighted by molar-refractivity contribution is 0.304. The molecule has 0 radical (unpaired) electrons. The molecule has 3 heteroatoms. The third-order valence-electron chi connectivity index (χ3n) is 3.68. The second kappa shape index (κ2) is 8.32. The first-order chi connectivity index (χ1) is 10.7. The highest BCUT2D eigenvalue weighted by molar-refractivity contribution is 5.76. The van der Waals surface area contributed by atoms with E-state index >= 15 is 0 Å². The summed E-state index contributed by atoms with van der Waals surface area (Å²) in [6.45, 7) is 2.88. The molecule has 0 fully saturated rings. The number of ether oxygens (including phenoxy) is 1. The van der Waals surface area contributed by atoms with Crippen LogP contribution in [0.4, 0.5) is 0 Å². The van der Waals surface area contributed by atoms with Crippen LogP contribution >= 0.6 is 0 Å². The van der Waals surface area contributed by atoms with Crippen molar-refractivity contribution >= 4 is 0 Å². The molecule has 2 aromatic carbocycles. The normalized spacial score (nSPS) is 10.6. The molecule has 2 aromatic rings. The van der Waals surface area contributed by atoms with Gasteiger partial charge in [-0.05, 0) is 30.7 Å². The SMILES string of the molecule is CCCCCCCOc1ccc(O)c(-c2ccccc2O)c1. The Morgan fingerprint density at radius 2 is 1.55 bits per heavy atom. The van der Waals surface area contributed by atoms with Crippen LogP contribution in [0.1, 0.15) is 39.0 Å². The number of para-hydroxylation sites is 1. The highest BCUT2D eigenvalue weighted by Crippen LogP contribution is 2.37. The van der Waals surface area contributed by atoms with Gasteiger partial charge in [-0.3, -0.25) is 0 Å². The van der Waals surface area contributed by atoms with Gasteiger partial charge in [-0.25, -0.2) is 0 Å². The van der Waals surface area contributed by atoms with E-state index in [-0.39, 0.29) is 11.5 Å².